The van der Waals surface area contributed by atoms with Gasteiger partial charge in [0.05, 0.1) is 13.2 Å². The highest BCUT2D eigenvalue weighted by Crippen LogP contribution is 2.24. The number of ether oxygens (including phenoxy) is 1. The number of terminal acetylenes is 1. The molecule has 0 saturated heterocycles. The maximum Gasteiger partial charge on any atom is 0.123 e. The van der Waals surface area contributed by atoms with Crippen molar-refractivity contribution in [3.63, 3.8) is 0 Å². The van der Waals surface area contributed by atoms with Gasteiger partial charge >= 0.3 is 0 Å². The van der Waals surface area contributed by atoms with Crippen LogP contribution in [0, 0.1) is 18.2 Å². The van der Waals surface area contributed by atoms with Crippen molar-refractivity contribution in [1.29, 1.82) is 0 Å². The Morgan fingerprint density at radius 1 is 1.15 bits per heavy atom. The summed E-state index contributed by atoms with van der Waals surface area (Å²) >= 11 is 0. The van der Waals surface area contributed by atoms with Crippen molar-refractivity contribution >= 4 is 5.69 Å². The molecule has 2 nitrogen and oxygen atoms in total. The molecule has 20 heavy (non-hydrogen) atoms. The van der Waals surface area contributed by atoms with E-state index < -0.39 is 0 Å². The normalized spacial score (nSPS) is 11.4. The number of methoxy groups -OCH3 is 1. The topological polar surface area (TPSA) is 21.3 Å². The molecule has 1 N–H and O–H groups in total. The lowest BCUT2D eigenvalue weighted by Crippen LogP contribution is -2.10. The fourth-order valence-electron chi connectivity index (χ4n) is 1.95. The van der Waals surface area contributed by atoms with Gasteiger partial charge in [-0.15, -0.1) is 12.3 Å². The molecule has 3 heteroatoms. The maximum atomic E-state index is 12.9. The Balaban J connectivity index is 2.17. The average Bonchev–Trinajstić information content (AvgIpc) is 2.49. The minimum atomic E-state index is -0.256. The van der Waals surface area contributed by atoms with E-state index >= 15 is 0 Å². The second kappa shape index (κ2) is 6.63. The molecular formula is C17H16FNO. The Morgan fingerprint density at radius 2 is 1.80 bits per heavy atom. The molecule has 1 unspecified atom stereocenters. The third-order valence-electron chi connectivity index (χ3n) is 3.03. The van der Waals surface area contributed by atoms with E-state index in [1.54, 1.807) is 19.2 Å². The number of hydrogen-bond donors (Lipinski definition) is 1. The van der Waals surface area contributed by atoms with Crippen LogP contribution in [0.5, 0.6) is 5.75 Å². The van der Waals surface area contributed by atoms with E-state index in [0.717, 1.165) is 17.0 Å². The zero-order valence-corrected chi connectivity index (χ0v) is 11.3. The van der Waals surface area contributed by atoms with Crippen molar-refractivity contribution < 1.29 is 9.13 Å². The summed E-state index contributed by atoms with van der Waals surface area (Å²) in [4.78, 5) is 0. The summed E-state index contributed by atoms with van der Waals surface area (Å²) < 4.78 is 18.0. The van der Waals surface area contributed by atoms with Crippen LogP contribution in [0.1, 0.15) is 18.0 Å². The number of halogens is 1. The number of benzene rings is 2. The molecule has 102 valence electrons. The van der Waals surface area contributed by atoms with Crippen LogP contribution in [0.15, 0.2) is 48.5 Å². The molecule has 0 spiro atoms. The van der Waals surface area contributed by atoms with Crippen molar-refractivity contribution in [3.05, 3.63) is 59.9 Å². The van der Waals surface area contributed by atoms with E-state index in [4.69, 9.17) is 11.2 Å². The quantitative estimate of drug-likeness (QED) is 0.828. The molecule has 0 saturated carbocycles. The van der Waals surface area contributed by atoms with Crippen LogP contribution in [0.3, 0.4) is 0 Å². The van der Waals surface area contributed by atoms with Gasteiger partial charge in [0.15, 0.2) is 0 Å². The molecule has 0 bridgehead atoms. The van der Waals surface area contributed by atoms with Gasteiger partial charge in [0.25, 0.3) is 0 Å². The lowest BCUT2D eigenvalue weighted by Gasteiger charge is -2.18. The predicted molar refractivity (Wildman–Crippen MR) is 79.2 cm³/mol. The summed E-state index contributed by atoms with van der Waals surface area (Å²) in [6.45, 7) is 0. The molecule has 2 aromatic carbocycles. The smallest absolute Gasteiger partial charge is 0.123 e. The Kier molecular flexibility index (Phi) is 4.62. The summed E-state index contributed by atoms with van der Waals surface area (Å²) in [5, 5.41) is 3.31. The van der Waals surface area contributed by atoms with Crippen LogP contribution in [0.2, 0.25) is 0 Å². The van der Waals surface area contributed by atoms with Gasteiger partial charge in [0.1, 0.15) is 11.6 Å². The van der Waals surface area contributed by atoms with E-state index in [1.165, 1.54) is 12.1 Å². The Bertz CT molecular complexity index is 584. The van der Waals surface area contributed by atoms with Crippen LogP contribution in [0.4, 0.5) is 10.1 Å². The molecule has 0 fully saturated rings. The molecular weight excluding hydrogens is 253 g/mol. The summed E-state index contributed by atoms with van der Waals surface area (Å²) in [6, 6.07) is 13.9. The molecule has 0 aromatic heterocycles. The standard InChI is InChI=1S/C17H16FNO/c1-3-4-17(13-5-11-16(20-2)12-6-13)19-15-9-7-14(18)8-10-15/h1,5-12,17,19H,4H2,2H3. The molecule has 2 aromatic rings. The number of anilines is 1. The van der Waals surface area contributed by atoms with Gasteiger partial charge in [-0.3, -0.25) is 0 Å². The molecule has 0 amide bonds. The fourth-order valence-corrected chi connectivity index (χ4v) is 1.95. The summed E-state index contributed by atoms with van der Waals surface area (Å²) in [5.74, 6) is 3.20. The van der Waals surface area contributed by atoms with Gasteiger partial charge < -0.3 is 10.1 Å². The lowest BCUT2D eigenvalue weighted by molar-refractivity contribution is 0.414. The molecule has 0 aliphatic rings. The van der Waals surface area contributed by atoms with E-state index in [2.05, 4.69) is 11.2 Å². The predicted octanol–water partition coefficient (Wildman–Crippen LogP) is 4.01. The van der Waals surface area contributed by atoms with Gasteiger partial charge in [-0.2, -0.15) is 0 Å². The van der Waals surface area contributed by atoms with Gasteiger partial charge in [-0.1, -0.05) is 12.1 Å². The van der Waals surface area contributed by atoms with E-state index in [0.29, 0.717) is 6.42 Å². The number of hydrogen-bond acceptors (Lipinski definition) is 2. The van der Waals surface area contributed by atoms with E-state index in [-0.39, 0.29) is 11.9 Å². The Morgan fingerprint density at radius 3 is 2.35 bits per heavy atom. The Labute approximate surface area is 118 Å². The monoisotopic (exact) mass is 269 g/mol. The second-order valence-corrected chi connectivity index (χ2v) is 4.39. The lowest BCUT2D eigenvalue weighted by atomic mass is 10.0. The summed E-state index contributed by atoms with van der Waals surface area (Å²) in [6.07, 6.45) is 5.97. The van der Waals surface area contributed by atoms with Crippen LogP contribution in [-0.4, -0.2) is 7.11 Å². The third kappa shape index (κ3) is 3.52. The maximum absolute atomic E-state index is 12.9. The fraction of sp³-hybridized carbons (Fsp3) is 0.176. The van der Waals surface area contributed by atoms with E-state index in [9.17, 15) is 4.39 Å². The largest absolute Gasteiger partial charge is 0.497 e. The molecule has 0 heterocycles. The zero-order valence-electron chi connectivity index (χ0n) is 11.3. The number of rotatable bonds is 5. The first-order valence-electron chi connectivity index (χ1n) is 6.32. The van der Waals surface area contributed by atoms with Crippen LogP contribution < -0.4 is 10.1 Å². The van der Waals surface area contributed by atoms with E-state index in [1.807, 2.05) is 24.3 Å². The Hall–Kier alpha value is -2.47. The van der Waals surface area contributed by atoms with Crippen molar-refractivity contribution in [1.82, 2.24) is 0 Å². The molecule has 0 aliphatic heterocycles. The van der Waals surface area contributed by atoms with Crippen molar-refractivity contribution in [2.45, 2.75) is 12.5 Å². The number of nitrogens with one attached hydrogen (secondary N) is 1. The summed E-state index contributed by atoms with van der Waals surface area (Å²) in [5.41, 5.74) is 1.90. The highest BCUT2D eigenvalue weighted by Gasteiger charge is 2.10. The van der Waals surface area contributed by atoms with Crippen molar-refractivity contribution in [2.75, 3.05) is 12.4 Å². The highest BCUT2D eigenvalue weighted by molar-refractivity contribution is 5.46. The molecule has 0 aliphatic carbocycles. The van der Waals surface area contributed by atoms with Gasteiger partial charge in [-0.25, -0.2) is 4.39 Å². The SMILES string of the molecule is C#CCC(Nc1ccc(F)cc1)c1ccc(OC)cc1. The van der Waals surface area contributed by atoms with Gasteiger partial charge in [0.2, 0.25) is 0 Å². The average molecular weight is 269 g/mol. The van der Waals surface area contributed by atoms with Crippen LogP contribution in [0.25, 0.3) is 0 Å². The molecule has 2 rings (SSSR count). The van der Waals surface area contributed by atoms with Gasteiger partial charge in [-0.05, 0) is 42.0 Å². The third-order valence-corrected chi connectivity index (χ3v) is 3.03. The first-order valence-corrected chi connectivity index (χ1v) is 6.32. The van der Waals surface area contributed by atoms with Gasteiger partial charge in [0, 0.05) is 12.1 Å². The molecule has 0 radical (unpaired) electrons. The minimum Gasteiger partial charge on any atom is -0.497 e. The molecule has 1 atom stereocenters. The minimum absolute atomic E-state index is 0.0173. The second-order valence-electron chi connectivity index (χ2n) is 4.39. The van der Waals surface area contributed by atoms with Crippen LogP contribution >= 0.6 is 0 Å². The van der Waals surface area contributed by atoms with Crippen molar-refractivity contribution in [2.24, 2.45) is 0 Å². The first-order chi connectivity index (χ1) is 9.72. The highest BCUT2D eigenvalue weighted by atomic mass is 19.1. The zero-order chi connectivity index (χ0) is 14.4. The summed E-state index contributed by atoms with van der Waals surface area (Å²) in [7, 11) is 1.63. The van der Waals surface area contributed by atoms with Crippen molar-refractivity contribution in [3.8, 4) is 18.1 Å². The first kappa shape index (κ1) is 14.0. The van der Waals surface area contributed by atoms with Crippen LogP contribution in [-0.2, 0) is 0 Å².